The molecule has 2 aliphatic rings. The van der Waals surface area contributed by atoms with Crippen molar-refractivity contribution in [3.05, 3.63) is 60.2 Å². The first-order chi connectivity index (χ1) is 15.4. The molecular formula is C23H23F2N3O4. The van der Waals surface area contributed by atoms with Gasteiger partial charge in [-0.2, -0.15) is 8.78 Å². The van der Waals surface area contributed by atoms with Crippen molar-refractivity contribution in [1.29, 1.82) is 0 Å². The maximum atomic E-state index is 13.0. The first kappa shape index (κ1) is 21.7. The first-order valence-corrected chi connectivity index (χ1v) is 10.4. The summed E-state index contributed by atoms with van der Waals surface area (Å²) < 4.78 is 29.7. The molecule has 3 amide bonds. The number of para-hydroxylation sites is 2. The van der Waals surface area contributed by atoms with Crippen LogP contribution in [-0.2, 0) is 9.59 Å². The number of piperazine rings is 1. The molecule has 2 fully saturated rings. The summed E-state index contributed by atoms with van der Waals surface area (Å²) in [5, 5.41) is 0. The molecule has 168 valence electrons. The fourth-order valence-electron chi connectivity index (χ4n) is 4.13. The van der Waals surface area contributed by atoms with Crippen LogP contribution in [0.25, 0.3) is 0 Å². The van der Waals surface area contributed by atoms with Crippen molar-refractivity contribution in [2.75, 3.05) is 37.6 Å². The Morgan fingerprint density at radius 2 is 1.53 bits per heavy atom. The van der Waals surface area contributed by atoms with Crippen molar-refractivity contribution >= 4 is 23.4 Å². The Bertz CT molecular complexity index is 994. The van der Waals surface area contributed by atoms with Crippen molar-refractivity contribution < 1.29 is 27.9 Å². The highest BCUT2D eigenvalue weighted by Crippen LogP contribution is 2.27. The molecule has 2 aromatic rings. The third-order valence-corrected chi connectivity index (χ3v) is 5.75. The van der Waals surface area contributed by atoms with Gasteiger partial charge in [0, 0.05) is 44.8 Å². The lowest BCUT2D eigenvalue weighted by Crippen LogP contribution is -2.52. The average Bonchev–Trinajstić information content (AvgIpc) is 3.20. The van der Waals surface area contributed by atoms with Crippen LogP contribution in [0.2, 0.25) is 0 Å². The van der Waals surface area contributed by atoms with E-state index in [1.54, 1.807) is 15.9 Å². The summed E-state index contributed by atoms with van der Waals surface area (Å²) in [4.78, 5) is 43.0. The highest BCUT2D eigenvalue weighted by Gasteiger charge is 2.38. The van der Waals surface area contributed by atoms with Crippen LogP contribution in [0.3, 0.4) is 0 Å². The molecule has 4 rings (SSSR count). The fraction of sp³-hybridized carbons (Fsp3) is 0.348. The number of alkyl halides is 2. The predicted octanol–water partition coefficient (Wildman–Crippen LogP) is 2.63. The fourth-order valence-corrected chi connectivity index (χ4v) is 4.13. The number of halogens is 2. The van der Waals surface area contributed by atoms with Crippen LogP contribution in [0.4, 0.5) is 14.5 Å². The van der Waals surface area contributed by atoms with Gasteiger partial charge >= 0.3 is 6.61 Å². The predicted molar refractivity (Wildman–Crippen MR) is 112 cm³/mol. The molecule has 0 bridgehead atoms. The minimum atomic E-state index is -3.03. The number of carbonyl (C=O) groups excluding carboxylic acids is 3. The Morgan fingerprint density at radius 1 is 0.906 bits per heavy atom. The molecule has 0 spiro atoms. The highest BCUT2D eigenvalue weighted by atomic mass is 19.3. The van der Waals surface area contributed by atoms with Gasteiger partial charge in [-0.25, -0.2) is 0 Å². The SMILES string of the molecule is O=C(c1ccccc1OC(F)F)N1CCN(C(=O)C2CC(=O)N(c3ccccc3)C2)CC1. The molecular weight excluding hydrogens is 420 g/mol. The topological polar surface area (TPSA) is 70.2 Å². The van der Waals surface area contributed by atoms with Gasteiger partial charge in [0.2, 0.25) is 11.8 Å². The quantitative estimate of drug-likeness (QED) is 0.713. The van der Waals surface area contributed by atoms with Gasteiger partial charge in [-0.05, 0) is 24.3 Å². The maximum Gasteiger partial charge on any atom is 0.387 e. The van der Waals surface area contributed by atoms with E-state index in [-0.39, 0.29) is 42.6 Å². The molecule has 0 aromatic heterocycles. The Labute approximate surface area is 184 Å². The monoisotopic (exact) mass is 443 g/mol. The summed E-state index contributed by atoms with van der Waals surface area (Å²) in [6.45, 7) is -1.51. The van der Waals surface area contributed by atoms with Gasteiger partial charge in [0.25, 0.3) is 5.91 Å². The third-order valence-electron chi connectivity index (χ3n) is 5.75. The number of ether oxygens (including phenoxy) is 1. The normalized spacial score (nSPS) is 18.9. The van der Waals surface area contributed by atoms with E-state index in [1.807, 2.05) is 30.3 Å². The molecule has 9 heteroatoms. The van der Waals surface area contributed by atoms with Crippen LogP contribution >= 0.6 is 0 Å². The number of nitrogens with zero attached hydrogens (tertiary/aromatic N) is 3. The van der Waals surface area contributed by atoms with Crippen molar-refractivity contribution in [2.45, 2.75) is 13.0 Å². The standard InChI is InChI=1S/C23H23F2N3O4/c24-23(25)32-19-9-5-4-8-18(19)22(31)27-12-10-26(11-13-27)21(30)16-14-20(29)28(15-16)17-6-2-1-3-7-17/h1-9,16,23H,10-15H2. The second kappa shape index (κ2) is 9.33. The molecule has 2 aliphatic heterocycles. The van der Waals surface area contributed by atoms with Gasteiger partial charge in [0.05, 0.1) is 11.5 Å². The lowest BCUT2D eigenvalue weighted by Gasteiger charge is -2.36. The van der Waals surface area contributed by atoms with Crippen molar-refractivity contribution in [3.63, 3.8) is 0 Å². The van der Waals surface area contributed by atoms with Gasteiger partial charge in [-0.1, -0.05) is 30.3 Å². The Morgan fingerprint density at radius 3 is 2.22 bits per heavy atom. The minimum Gasteiger partial charge on any atom is -0.434 e. The Hall–Kier alpha value is -3.49. The lowest BCUT2D eigenvalue weighted by molar-refractivity contribution is -0.137. The smallest absolute Gasteiger partial charge is 0.387 e. The summed E-state index contributed by atoms with van der Waals surface area (Å²) in [6, 6.07) is 15.1. The van der Waals surface area contributed by atoms with E-state index in [4.69, 9.17) is 0 Å². The number of amides is 3. The van der Waals surface area contributed by atoms with Crippen LogP contribution in [0.1, 0.15) is 16.8 Å². The van der Waals surface area contributed by atoms with Crippen LogP contribution < -0.4 is 9.64 Å². The summed E-state index contributed by atoms with van der Waals surface area (Å²) in [7, 11) is 0. The molecule has 0 N–H and O–H groups in total. The van der Waals surface area contributed by atoms with Gasteiger partial charge in [0.15, 0.2) is 0 Å². The number of carbonyl (C=O) groups is 3. The second-order valence-electron chi connectivity index (χ2n) is 7.73. The number of hydrogen-bond donors (Lipinski definition) is 0. The van der Waals surface area contributed by atoms with E-state index in [0.29, 0.717) is 19.6 Å². The molecule has 1 unspecified atom stereocenters. The molecule has 2 aromatic carbocycles. The molecule has 1 atom stereocenters. The van der Waals surface area contributed by atoms with Gasteiger partial charge in [-0.3, -0.25) is 14.4 Å². The van der Waals surface area contributed by atoms with E-state index in [2.05, 4.69) is 4.74 Å². The zero-order chi connectivity index (χ0) is 22.7. The number of rotatable bonds is 5. The van der Waals surface area contributed by atoms with Crippen molar-refractivity contribution in [1.82, 2.24) is 9.80 Å². The van der Waals surface area contributed by atoms with Crippen LogP contribution in [0.5, 0.6) is 5.75 Å². The molecule has 2 heterocycles. The van der Waals surface area contributed by atoms with Crippen LogP contribution in [-0.4, -0.2) is 66.9 Å². The van der Waals surface area contributed by atoms with Crippen LogP contribution in [0.15, 0.2) is 54.6 Å². The minimum absolute atomic E-state index is 0.0625. The molecule has 2 saturated heterocycles. The third kappa shape index (κ3) is 4.56. The van der Waals surface area contributed by atoms with Gasteiger partial charge < -0.3 is 19.4 Å². The van der Waals surface area contributed by atoms with E-state index >= 15 is 0 Å². The molecule has 32 heavy (non-hydrogen) atoms. The zero-order valence-corrected chi connectivity index (χ0v) is 17.3. The van der Waals surface area contributed by atoms with E-state index in [1.165, 1.54) is 23.1 Å². The van der Waals surface area contributed by atoms with Gasteiger partial charge in [0.1, 0.15) is 5.75 Å². The van der Waals surface area contributed by atoms with Crippen LogP contribution in [0, 0.1) is 5.92 Å². The zero-order valence-electron chi connectivity index (χ0n) is 17.3. The summed E-state index contributed by atoms with van der Waals surface area (Å²) in [5.41, 5.74) is 0.834. The van der Waals surface area contributed by atoms with Gasteiger partial charge in [-0.15, -0.1) is 0 Å². The number of anilines is 1. The van der Waals surface area contributed by atoms with E-state index in [9.17, 15) is 23.2 Å². The maximum absolute atomic E-state index is 13.0. The summed E-state index contributed by atoms with van der Waals surface area (Å²) in [5.74, 6) is -1.20. The molecule has 0 aliphatic carbocycles. The second-order valence-corrected chi connectivity index (χ2v) is 7.73. The first-order valence-electron chi connectivity index (χ1n) is 10.4. The average molecular weight is 443 g/mol. The largest absolute Gasteiger partial charge is 0.434 e. The number of benzene rings is 2. The Balaban J connectivity index is 1.36. The van der Waals surface area contributed by atoms with Crippen molar-refractivity contribution in [2.24, 2.45) is 5.92 Å². The van der Waals surface area contributed by atoms with E-state index < -0.39 is 18.4 Å². The summed E-state index contributed by atoms with van der Waals surface area (Å²) in [6.07, 6.45) is 0.158. The number of hydrogen-bond acceptors (Lipinski definition) is 4. The Kier molecular flexibility index (Phi) is 6.34. The molecule has 0 radical (unpaired) electrons. The van der Waals surface area contributed by atoms with E-state index in [0.717, 1.165) is 5.69 Å². The molecule has 7 nitrogen and oxygen atoms in total. The lowest BCUT2D eigenvalue weighted by atomic mass is 10.1. The molecule has 0 saturated carbocycles. The van der Waals surface area contributed by atoms with Crippen molar-refractivity contribution in [3.8, 4) is 5.75 Å². The summed E-state index contributed by atoms with van der Waals surface area (Å²) >= 11 is 0. The highest BCUT2D eigenvalue weighted by molar-refractivity contribution is 6.00.